The molecule has 5 atom stereocenters. The van der Waals surface area contributed by atoms with Gasteiger partial charge in [0.05, 0.1) is 0 Å². The van der Waals surface area contributed by atoms with E-state index in [4.69, 9.17) is 4.99 Å². The van der Waals surface area contributed by atoms with Gasteiger partial charge in [-0.3, -0.25) is 15.5 Å². The molecular weight excluding hydrogens is 388 g/mol. The topological polar surface area (TPSA) is 77.5 Å². The average molecular weight is 428 g/mol. The Bertz CT molecular complexity index is 615. The molecule has 1 saturated heterocycles. The van der Waals surface area contributed by atoms with Gasteiger partial charge in [0, 0.05) is 23.9 Å². The van der Waals surface area contributed by atoms with Gasteiger partial charge in [0.15, 0.2) is 5.96 Å². The second-order valence-electron chi connectivity index (χ2n) is 10.5. The van der Waals surface area contributed by atoms with Crippen molar-refractivity contribution >= 4 is 11.9 Å². The summed E-state index contributed by atoms with van der Waals surface area (Å²) in [7, 11) is 0. The van der Waals surface area contributed by atoms with E-state index in [-0.39, 0.29) is 35.5 Å². The molecule has 2 saturated carbocycles. The van der Waals surface area contributed by atoms with Gasteiger partial charge in [-0.15, -0.1) is 0 Å². The molecule has 0 aromatic heterocycles. The minimum atomic E-state index is -0.782. The van der Waals surface area contributed by atoms with Crippen LogP contribution in [0.4, 0.5) is 8.78 Å². The van der Waals surface area contributed by atoms with Gasteiger partial charge in [0.25, 0.3) is 0 Å². The molecule has 0 spiro atoms. The first-order valence-electron chi connectivity index (χ1n) is 11.6. The van der Waals surface area contributed by atoms with Crippen LogP contribution < -0.4 is 21.5 Å². The van der Waals surface area contributed by atoms with E-state index in [1.165, 1.54) is 0 Å². The first kappa shape index (κ1) is 23.4. The SMILES string of the molecule is CC1CC(C2CC(/N=C(/NC(=O)C3CCC(F)CC3)NC(C)(C)C)NN2)CCC1F. The van der Waals surface area contributed by atoms with Crippen molar-refractivity contribution in [3.8, 4) is 0 Å². The summed E-state index contributed by atoms with van der Waals surface area (Å²) in [6, 6.07) is 0.250. The van der Waals surface area contributed by atoms with E-state index in [1.54, 1.807) is 0 Å². The number of hydrogen-bond acceptors (Lipinski definition) is 4. The van der Waals surface area contributed by atoms with Crippen molar-refractivity contribution < 1.29 is 13.6 Å². The minimum Gasteiger partial charge on any atom is -0.351 e. The molecule has 0 bridgehead atoms. The highest BCUT2D eigenvalue weighted by molar-refractivity contribution is 5.98. The van der Waals surface area contributed by atoms with E-state index in [2.05, 4.69) is 21.5 Å². The summed E-state index contributed by atoms with van der Waals surface area (Å²) in [5.74, 6) is 0.739. The molecular formula is C22H39F2N5O. The predicted molar refractivity (Wildman–Crippen MR) is 115 cm³/mol. The third-order valence-electron chi connectivity index (χ3n) is 6.63. The van der Waals surface area contributed by atoms with E-state index in [1.807, 2.05) is 27.7 Å². The second kappa shape index (κ2) is 9.90. The number of nitrogens with one attached hydrogen (secondary N) is 4. The number of aliphatic imine (C=N–C) groups is 1. The zero-order valence-corrected chi connectivity index (χ0v) is 18.8. The lowest BCUT2D eigenvalue weighted by atomic mass is 9.77. The summed E-state index contributed by atoms with van der Waals surface area (Å²) in [4.78, 5) is 17.5. The third-order valence-corrected chi connectivity index (χ3v) is 6.63. The lowest BCUT2D eigenvalue weighted by Crippen LogP contribution is -2.52. The van der Waals surface area contributed by atoms with Gasteiger partial charge in [-0.05, 0) is 77.6 Å². The molecule has 1 amide bonds. The number of nitrogens with zero attached hydrogens (tertiary/aromatic N) is 1. The smallest absolute Gasteiger partial charge is 0.229 e. The van der Waals surface area contributed by atoms with Gasteiger partial charge in [-0.2, -0.15) is 0 Å². The van der Waals surface area contributed by atoms with Gasteiger partial charge in [0.2, 0.25) is 5.91 Å². The number of rotatable bonds is 3. The Hall–Kier alpha value is -1.28. The number of carbonyl (C=O) groups is 1. The maximum absolute atomic E-state index is 13.8. The van der Waals surface area contributed by atoms with Crippen LogP contribution in [0.2, 0.25) is 0 Å². The fraction of sp³-hybridized carbons (Fsp3) is 0.909. The molecule has 5 unspecified atom stereocenters. The highest BCUT2D eigenvalue weighted by atomic mass is 19.1. The number of guanidine groups is 1. The molecule has 3 aliphatic rings. The summed E-state index contributed by atoms with van der Waals surface area (Å²) < 4.78 is 27.2. The molecule has 8 heteroatoms. The minimum absolute atomic E-state index is 0.0880. The van der Waals surface area contributed by atoms with Crippen LogP contribution in [0.3, 0.4) is 0 Å². The summed E-state index contributed by atoms with van der Waals surface area (Å²) >= 11 is 0. The van der Waals surface area contributed by atoms with Gasteiger partial charge in [-0.25, -0.2) is 19.2 Å². The van der Waals surface area contributed by atoms with Gasteiger partial charge < -0.3 is 5.32 Å². The first-order valence-corrected chi connectivity index (χ1v) is 11.6. The van der Waals surface area contributed by atoms with Gasteiger partial charge >= 0.3 is 0 Å². The van der Waals surface area contributed by atoms with Gasteiger partial charge in [-0.1, -0.05) is 6.92 Å². The molecule has 30 heavy (non-hydrogen) atoms. The fourth-order valence-corrected chi connectivity index (χ4v) is 4.86. The lowest BCUT2D eigenvalue weighted by molar-refractivity contribution is -0.124. The Morgan fingerprint density at radius 1 is 1.00 bits per heavy atom. The number of amides is 1. The normalized spacial score (nSPS) is 38.3. The molecule has 0 radical (unpaired) electrons. The summed E-state index contributed by atoms with van der Waals surface area (Å²) in [6.07, 6.45) is 3.64. The summed E-state index contributed by atoms with van der Waals surface area (Å²) in [5.41, 5.74) is 6.31. The Morgan fingerprint density at radius 2 is 1.70 bits per heavy atom. The van der Waals surface area contributed by atoms with Crippen molar-refractivity contribution in [2.75, 3.05) is 0 Å². The van der Waals surface area contributed by atoms with E-state index < -0.39 is 12.3 Å². The van der Waals surface area contributed by atoms with Crippen LogP contribution in [0.15, 0.2) is 4.99 Å². The van der Waals surface area contributed by atoms with Crippen molar-refractivity contribution in [3.05, 3.63) is 0 Å². The van der Waals surface area contributed by atoms with E-state index in [0.717, 1.165) is 19.3 Å². The number of halogens is 2. The Labute approximate surface area is 179 Å². The molecule has 0 aromatic rings. The lowest BCUT2D eigenvalue weighted by Gasteiger charge is -2.33. The van der Waals surface area contributed by atoms with Crippen molar-refractivity contribution in [1.82, 2.24) is 21.5 Å². The average Bonchev–Trinajstić information content (AvgIpc) is 3.11. The van der Waals surface area contributed by atoms with Crippen molar-refractivity contribution in [1.29, 1.82) is 0 Å². The molecule has 4 N–H and O–H groups in total. The van der Waals surface area contributed by atoms with E-state index >= 15 is 0 Å². The number of hydrogen-bond donors (Lipinski definition) is 4. The van der Waals surface area contributed by atoms with Crippen molar-refractivity contribution in [3.63, 3.8) is 0 Å². The Morgan fingerprint density at radius 3 is 2.33 bits per heavy atom. The third kappa shape index (κ3) is 6.61. The first-order chi connectivity index (χ1) is 14.1. The molecule has 1 heterocycles. The van der Waals surface area contributed by atoms with Crippen LogP contribution in [0.25, 0.3) is 0 Å². The molecule has 1 aliphatic heterocycles. The Kier molecular flexibility index (Phi) is 7.71. The van der Waals surface area contributed by atoms with E-state index in [0.29, 0.717) is 44.0 Å². The molecule has 3 rings (SSSR count). The molecule has 3 fully saturated rings. The standard InChI is InChI=1S/C22H39F2N5O/c1-13-11-15(7-10-17(13)24)18-12-19(29-28-18)25-21(27-22(2,3)4)26-20(30)14-5-8-16(23)9-6-14/h13-19,28-29H,5-12H2,1-4H3,(H2,25,26,27,30). The number of carbonyl (C=O) groups excluding carboxylic acids is 1. The van der Waals surface area contributed by atoms with Crippen molar-refractivity contribution in [2.45, 2.75) is 109 Å². The monoisotopic (exact) mass is 427 g/mol. The van der Waals surface area contributed by atoms with E-state index in [9.17, 15) is 13.6 Å². The van der Waals surface area contributed by atoms with Crippen LogP contribution >= 0.6 is 0 Å². The molecule has 0 aromatic carbocycles. The zero-order valence-electron chi connectivity index (χ0n) is 18.8. The predicted octanol–water partition coefficient (Wildman–Crippen LogP) is 3.34. The molecule has 172 valence electrons. The summed E-state index contributed by atoms with van der Waals surface area (Å²) in [5, 5.41) is 6.25. The highest BCUT2D eigenvalue weighted by Crippen LogP contribution is 2.35. The fourth-order valence-electron chi connectivity index (χ4n) is 4.86. The van der Waals surface area contributed by atoms with Crippen LogP contribution in [0.1, 0.15) is 79.1 Å². The highest BCUT2D eigenvalue weighted by Gasteiger charge is 2.36. The van der Waals surface area contributed by atoms with Crippen molar-refractivity contribution in [2.24, 2.45) is 22.7 Å². The quantitative estimate of drug-likeness (QED) is 0.412. The maximum atomic E-state index is 13.8. The van der Waals surface area contributed by atoms with Crippen LogP contribution in [0.5, 0.6) is 0 Å². The summed E-state index contributed by atoms with van der Waals surface area (Å²) in [6.45, 7) is 8.04. The molecule has 6 nitrogen and oxygen atoms in total. The Balaban J connectivity index is 1.60. The second-order valence-corrected chi connectivity index (χ2v) is 10.5. The number of hydrazine groups is 1. The maximum Gasteiger partial charge on any atom is 0.229 e. The van der Waals surface area contributed by atoms with Crippen LogP contribution in [0, 0.1) is 17.8 Å². The number of alkyl halides is 2. The van der Waals surface area contributed by atoms with Gasteiger partial charge in [0.1, 0.15) is 18.5 Å². The zero-order chi connectivity index (χ0) is 21.9. The van der Waals surface area contributed by atoms with Crippen LogP contribution in [-0.4, -0.2) is 42.0 Å². The van der Waals surface area contributed by atoms with Crippen LogP contribution in [-0.2, 0) is 4.79 Å². The largest absolute Gasteiger partial charge is 0.351 e. The molecule has 2 aliphatic carbocycles.